The van der Waals surface area contributed by atoms with Crippen LogP contribution in [0.25, 0.3) is 0 Å². The molecule has 0 aromatic heterocycles. The van der Waals surface area contributed by atoms with E-state index >= 15 is 0 Å². The molecule has 1 atom stereocenters. The average molecular weight is 414 g/mol. The van der Waals surface area contributed by atoms with Gasteiger partial charge in [-0.1, -0.05) is 39.7 Å². The lowest BCUT2D eigenvalue weighted by molar-refractivity contribution is 0.499. The van der Waals surface area contributed by atoms with Crippen molar-refractivity contribution in [3.8, 4) is 0 Å². The largest absolute Gasteiger partial charge is 0.207 e. The summed E-state index contributed by atoms with van der Waals surface area (Å²) in [4.78, 5) is -0.825. The van der Waals surface area contributed by atoms with E-state index in [9.17, 15) is 13.2 Å². The van der Waals surface area contributed by atoms with Crippen molar-refractivity contribution in [1.82, 2.24) is 0 Å². The molecule has 0 N–H and O–H groups in total. The van der Waals surface area contributed by atoms with Gasteiger partial charge in [0.1, 0.15) is 5.82 Å². The fourth-order valence-corrected chi connectivity index (χ4v) is 2.81. The van der Waals surface area contributed by atoms with Crippen LogP contribution in [0.4, 0.5) is 13.2 Å². The Morgan fingerprint density at radius 2 is 1.68 bits per heavy atom. The fourth-order valence-electron chi connectivity index (χ4n) is 1.62. The van der Waals surface area contributed by atoms with E-state index in [0.29, 0.717) is 4.47 Å². The second kappa shape index (κ2) is 5.85. The van der Waals surface area contributed by atoms with E-state index in [1.165, 1.54) is 24.3 Å². The molecule has 100 valence electrons. The topological polar surface area (TPSA) is 0 Å². The maximum Gasteiger partial charge on any atom is 0.163 e. The smallest absolute Gasteiger partial charge is 0.163 e. The maximum absolute atomic E-state index is 13.9. The van der Waals surface area contributed by atoms with Crippen LogP contribution in [0.15, 0.2) is 34.8 Å². The second-order valence-electron chi connectivity index (χ2n) is 3.79. The van der Waals surface area contributed by atoms with Gasteiger partial charge in [-0.25, -0.2) is 13.2 Å². The third-order valence-electron chi connectivity index (χ3n) is 2.57. The van der Waals surface area contributed by atoms with Crippen LogP contribution < -0.4 is 0 Å². The molecule has 0 amide bonds. The Morgan fingerprint density at radius 3 is 2.37 bits per heavy atom. The number of rotatable bonds is 2. The summed E-state index contributed by atoms with van der Waals surface area (Å²) in [5.41, 5.74) is 0.148. The minimum atomic E-state index is -1.01. The molecule has 0 spiro atoms. The number of alkyl halides is 1. The van der Waals surface area contributed by atoms with Gasteiger partial charge in [0.15, 0.2) is 11.6 Å². The highest BCUT2D eigenvalue weighted by molar-refractivity contribution is 9.10. The Labute approximate surface area is 129 Å². The SMILES string of the molecule is Fc1cc(Br)c(Cl)cc1C(Br)c1cccc(F)c1F. The summed E-state index contributed by atoms with van der Waals surface area (Å²) in [6, 6.07) is 6.30. The van der Waals surface area contributed by atoms with Crippen LogP contribution in [0, 0.1) is 17.5 Å². The van der Waals surface area contributed by atoms with Crippen molar-refractivity contribution >= 4 is 43.5 Å². The molecule has 0 fully saturated rings. The van der Waals surface area contributed by atoms with Gasteiger partial charge >= 0.3 is 0 Å². The molecule has 0 radical (unpaired) electrons. The van der Waals surface area contributed by atoms with E-state index in [1.54, 1.807) is 0 Å². The van der Waals surface area contributed by atoms with Gasteiger partial charge in [0.25, 0.3) is 0 Å². The molecule has 19 heavy (non-hydrogen) atoms. The van der Waals surface area contributed by atoms with Gasteiger partial charge in [-0.2, -0.15) is 0 Å². The number of benzene rings is 2. The molecule has 6 heteroatoms. The molecule has 0 aliphatic rings. The van der Waals surface area contributed by atoms with E-state index in [4.69, 9.17) is 11.6 Å². The zero-order valence-corrected chi connectivity index (χ0v) is 13.2. The predicted octanol–water partition coefficient (Wildman–Crippen LogP) is 6.00. The molecule has 0 bridgehead atoms. The van der Waals surface area contributed by atoms with E-state index in [-0.39, 0.29) is 16.1 Å². The lowest BCUT2D eigenvalue weighted by atomic mass is 10.0. The Bertz CT molecular complexity index is 632. The summed E-state index contributed by atoms with van der Waals surface area (Å²) in [5.74, 6) is -2.56. The van der Waals surface area contributed by atoms with Crippen LogP contribution in [0.2, 0.25) is 5.02 Å². The molecule has 0 saturated heterocycles. The molecule has 1 unspecified atom stereocenters. The number of hydrogen-bond acceptors (Lipinski definition) is 0. The number of halogens is 6. The van der Waals surface area contributed by atoms with Crippen molar-refractivity contribution in [2.24, 2.45) is 0 Å². The average Bonchev–Trinajstić information content (AvgIpc) is 2.36. The zero-order valence-electron chi connectivity index (χ0n) is 9.23. The Hall–Kier alpha value is -0.520. The monoisotopic (exact) mass is 412 g/mol. The standard InChI is InChI=1S/C13H6Br2ClF3/c14-8-5-11(18)7(4-9(8)16)12(15)6-2-1-3-10(17)13(6)19/h1-5,12H. The summed E-state index contributed by atoms with van der Waals surface area (Å²) in [5, 5.41) is 0.290. The summed E-state index contributed by atoms with van der Waals surface area (Å²) >= 11 is 12.1. The molecule has 0 saturated carbocycles. The summed E-state index contributed by atoms with van der Waals surface area (Å²) in [6.45, 7) is 0. The lowest BCUT2D eigenvalue weighted by Gasteiger charge is -2.14. The first-order valence-electron chi connectivity index (χ1n) is 5.14. The summed E-state index contributed by atoms with van der Waals surface area (Å²) in [7, 11) is 0. The molecule has 2 aromatic rings. The maximum atomic E-state index is 13.9. The van der Waals surface area contributed by atoms with Gasteiger partial charge in [0, 0.05) is 15.6 Å². The van der Waals surface area contributed by atoms with Crippen molar-refractivity contribution < 1.29 is 13.2 Å². The highest BCUT2D eigenvalue weighted by Crippen LogP contribution is 2.37. The third kappa shape index (κ3) is 2.98. The Balaban J connectivity index is 2.53. The summed E-state index contributed by atoms with van der Waals surface area (Å²) in [6.07, 6.45) is 0. The molecule has 0 aliphatic carbocycles. The van der Waals surface area contributed by atoms with Gasteiger partial charge in [-0.05, 0) is 34.1 Å². The van der Waals surface area contributed by atoms with Crippen molar-refractivity contribution in [2.75, 3.05) is 0 Å². The normalized spacial score (nSPS) is 12.5. The van der Waals surface area contributed by atoms with E-state index in [0.717, 1.165) is 6.07 Å². The molecule has 0 heterocycles. The second-order valence-corrected chi connectivity index (χ2v) is 5.97. The van der Waals surface area contributed by atoms with Gasteiger partial charge in [-0.15, -0.1) is 0 Å². The highest BCUT2D eigenvalue weighted by atomic mass is 79.9. The van der Waals surface area contributed by atoms with Gasteiger partial charge in [0.05, 0.1) is 9.85 Å². The van der Waals surface area contributed by atoms with Crippen LogP contribution in [0.5, 0.6) is 0 Å². The van der Waals surface area contributed by atoms with Crippen LogP contribution >= 0.6 is 43.5 Å². The Morgan fingerprint density at radius 1 is 1.00 bits per heavy atom. The van der Waals surface area contributed by atoms with E-state index in [1.807, 2.05) is 0 Å². The first-order chi connectivity index (χ1) is 8.91. The van der Waals surface area contributed by atoms with E-state index in [2.05, 4.69) is 31.9 Å². The minimum absolute atomic E-state index is 0.0114. The molecule has 0 nitrogen and oxygen atoms in total. The quantitative estimate of drug-likeness (QED) is 0.417. The van der Waals surface area contributed by atoms with Crippen molar-refractivity contribution in [1.29, 1.82) is 0 Å². The first kappa shape index (κ1) is 14.9. The molecular weight excluding hydrogens is 408 g/mol. The van der Waals surface area contributed by atoms with Crippen LogP contribution in [0.1, 0.15) is 16.0 Å². The number of hydrogen-bond donors (Lipinski definition) is 0. The molecule has 2 aromatic carbocycles. The van der Waals surface area contributed by atoms with Crippen LogP contribution in [0.3, 0.4) is 0 Å². The fraction of sp³-hybridized carbons (Fsp3) is 0.0769. The van der Waals surface area contributed by atoms with Crippen molar-refractivity contribution in [2.45, 2.75) is 4.83 Å². The van der Waals surface area contributed by atoms with Gasteiger partial charge in [-0.3, -0.25) is 0 Å². The van der Waals surface area contributed by atoms with Crippen LogP contribution in [-0.4, -0.2) is 0 Å². The Kier molecular flexibility index (Phi) is 4.58. The van der Waals surface area contributed by atoms with Gasteiger partial charge < -0.3 is 0 Å². The highest BCUT2D eigenvalue weighted by Gasteiger charge is 2.21. The zero-order chi connectivity index (χ0) is 14.2. The summed E-state index contributed by atoms with van der Waals surface area (Å²) < 4.78 is 41.1. The molecule has 0 aliphatic heterocycles. The van der Waals surface area contributed by atoms with Crippen molar-refractivity contribution in [3.63, 3.8) is 0 Å². The van der Waals surface area contributed by atoms with Crippen LogP contribution in [-0.2, 0) is 0 Å². The predicted molar refractivity (Wildman–Crippen MR) is 76.2 cm³/mol. The minimum Gasteiger partial charge on any atom is -0.207 e. The first-order valence-corrected chi connectivity index (χ1v) is 7.23. The lowest BCUT2D eigenvalue weighted by Crippen LogP contribution is -2.01. The molecule has 2 rings (SSSR count). The van der Waals surface area contributed by atoms with Gasteiger partial charge in [0.2, 0.25) is 0 Å². The van der Waals surface area contributed by atoms with E-state index < -0.39 is 22.3 Å². The third-order valence-corrected chi connectivity index (χ3v) is 4.75. The van der Waals surface area contributed by atoms with Crippen molar-refractivity contribution in [3.05, 3.63) is 68.4 Å². The molecular formula is C13H6Br2ClF3.